The first-order valence-electron chi connectivity index (χ1n) is 9.57. The van der Waals surface area contributed by atoms with Gasteiger partial charge in [-0.1, -0.05) is 20.8 Å². The number of ketones is 1. The Kier molecular flexibility index (Phi) is 3.32. The number of rotatable bonds is 0. The summed E-state index contributed by atoms with van der Waals surface area (Å²) in [4.78, 5) is 12.2. The number of aliphatic hydroxyl groups is 1. The summed E-state index contributed by atoms with van der Waals surface area (Å²) in [7, 11) is 0. The molecule has 4 aliphatic carbocycles. The molecular formula is C20H32O2. The summed E-state index contributed by atoms with van der Waals surface area (Å²) >= 11 is 0. The molecule has 0 spiro atoms. The van der Waals surface area contributed by atoms with E-state index in [4.69, 9.17) is 0 Å². The number of carbonyl (C=O) groups is 1. The van der Waals surface area contributed by atoms with Crippen molar-refractivity contribution < 1.29 is 9.90 Å². The average Bonchev–Trinajstić information content (AvgIpc) is 2.77. The normalized spacial score (nSPS) is 57.9. The Hall–Kier alpha value is -0.370. The Morgan fingerprint density at radius 2 is 1.73 bits per heavy atom. The van der Waals surface area contributed by atoms with Crippen molar-refractivity contribution in [1.82, 2.24) is 0 Å². The Bertz CT molecular complexity index is 486. The molecule has 4 aliphatic rings. The fourth-order valence-electron chi connectivity index (χ4n) is 7.38. The Labute approximate surface area is 135 Å². The number of aliphatic hydroxyl groups excluding tert-OH is 1. The number of carbonyl (C=O) groups excluding carboxylic acids is 1. The molecule has 4 fully saturated rings. The van der Waals surface area contributed by atoms with Gasteiger partial charge in [-0.2, -0.15) is 0 Å². The van der Waals surface area contributed by atoms with E-state index in [1.54, 1.807) is 0 Å². The first kappa shape index (κ1) is 15.2. The molecule has 124 valence electrons. The largest absolute Gasteiger partial charge is 0.393 e. The molecule has 0 heterocycles. The second-order valence-corrected chi connectivity index (χ2v) is 9.57. The quantitative estimate of drug-likeness (QED) is 0.728. The predicted molar refractivity (Wildman–Crippen MR) is 87.3 cm³/mol. The van der Waals surface area contributed by atoms with Crippen molar-refractivity contribution in [2.45, 2.75) is 78.2 Å². The molecule has 4 saturated carbocycles. The molecule has 4 rings (SSSR count). The van der Waals surface area contributed by atoms with Crippen molar-refractivity contribution >= 4 is 5.78 Å². The lowest BCUT2D eigenvalue weighted by molar-refractivity contribution is -0.148. The van der Waals surface area contributed by atoms with E-state index >= 15 is 0 Å². The molecule has 0 aliphatic heterocycles. The van der Waals surface area contributed by atoms with Crippen molar-refractivity contribution in [3.63, 3.8) is 0 Å². The van der Waals surface area contributed by atoms with E-state index in [1.165, 1.54) is 32.1 Å². The highest BCUT2D eigenvalue weighted by Crippen LogP contribution is 2.66. The minimum absolute atomic E-state index is 0.0733. The Balaban J connectivity index is 1.65. The maximum atomic E-state index is 12.2. The van der Waals surface area contributed by atoms with Crippen molar-refractivity contribution in [3.05, 3.63) is 0 Å². The summed E-state index contributed by atoms with van der Waals surface area (Å²) in [6, 6.07) is 0. The summed E-state index contributed by atoms with van der Waals surface area (Å²) in [5.41, 5.74) is 0.561. The molecule has 0 radical (unpaired) electrons. The van der Waals surface area contributed by atoms with Crippen LogP contribution in [-0.4, -0.2) is 17.0 Å². The highest BCUT2D eigenvalue weighted by atomic mass is 16.3. The second kappa shape index (κ2) is 4.82. The molecular weight excluding hydrogens is 272 g/mol. The van der Waals surface area contributed by atoms with Crippen LogP contribution in [0.5, 0.6) is 0 Å². The van der Waals surface area contributed by atoms with Crippen LogP contribution in [0.3, 0.4) is 0 Å². The highest BCUT2D eigenvalue weighted by Gasteiger charge is 2.60. The summed E-state index contributed by atoms with van der Waals surface area (Å²) in [5, 5.41) is 10.5. The van der Waals surface area contributed by atoms with Gasteiger partial charge in [0.25, 0.3) is 0 Å². The van der Waals surface area contributed by atoms with Crippen LogP contribution in [0.1, 0.15) is 72.1 Å². The van der Waals surface area contributed by atoms with E-state index in [2.05, 4.69) is 20.8 Å². The summed E-state index contributed by atoms with van der Waals surface area (Å²) in [5.74, 6) is 3.74. The van der Waals surface area contributed by atoms with Crippen LogP contribution in [0.2, 0.25) is 0 Å². The summed E-state index contributed by atoms with van der Waals surface area (Å²) in [6.45, 7) is 7.01. The van der Waals surface area contributed by atoms with E-state index < -0.39 is 0 Å². The molecule has 0 aromatic carbocycles. The van der Waals surface area contributed by atoms with E-state index in [1.807, 2.05) is 0 Å². The number of Topliss-reactive ketones (excluding diaryl/α,β-unsaturated/α-hetero) is 1. The molecule has 0 amide bonds. The topological polar surface area (TPSA) is 37.3 Å². The lowest BCUT2D eigenvalue weighted by atomic mass is 9.44. The van der Waals surface area contributed by atoms with Crippen LogP contribution in [0.15, 0.2) is 0 Å². The number of fused-ring (bicyclic) bond motifs is 5. The molecule has 2 heteroatoms. The molecule has 2 nitrogen and oxygen atoms in total. The minimum Gasteiger partial charge on any atom is -0.393 e. The van der Waals surface area contributed by atoms with Crippen LogP contribution < -0.4 is 0 Å². The zero-order valence-electron chi connectivity index (χ0n) is 14.5. The zero-order chi connectivity index (χ0) is 15.7. The van der Waals surface area contributed by atoms with Gasteiger partial charge in [0.1, 0.15) is 5.78 Å². The third kappa shape index (κ3) is 1.85. The third-order valence-corrected chi connectivity index (χ3v) is 8.76. The SMILES string of the molecule is C[C@@H]1C[C@@]2(C)C(CC[C@H]3[C@@H]4CC[C@H](O)[C@@]4(C)CC[C@@H]32)CC1=O. The third-order valence-electron chi connectivity index (χ3n) is 8.76. The number of hydrogen-bond donors (Lipinski definition) is 1. The first-order valence-corrected chi connectivity index (χ1v) is 9.57. The van der Waals surface area contributed by atoms with Gasteiger partial charge < -0.3 is 5.11 Å². The Morgan fingerprint density at radius 1 is 1.00 bits per heavy atom. The van der Waals surface area contributed by atoms with E-state index in [0.717, 1.165) is 37.0 Å². The molecule has 0 aromatic rings. The maximum absolute atomic E-state index is 12.2. The summed E-state index contributed by atoms with van der Waals surface area (Å²) in [6.07, 6.45) is 9.16. The minimum atomic E-state index is -0.0733. The van der Waals surface area contributed by atoms with Crippen molar-refractivity contribution in [2.24, 2.45) is 40.4 Å². The fraction of sp³-hybridized carbons (Fsp3) is 0.950. The molecule has 0 bridgehead atoms. The van der Waals surface area contributed by atoms with Gasteiger partial charge in [-0.15, -0.1) is 0 Å². The molecule has 0 saturated heterocycles. The van der Waals surface area contributed by atoms with Gasteiger partial charge in [0.05, 0.1) is 6.10 Å². The zero-order valence-corrected chi connectivity index (χ0v) is 14.5. The average molecular weight is 304 g/mol. The molecule has 1 N–H and O–H groups in total. The van der Waals surface area contributed by atoms with Gasteiger partial charge >= 0.3 is 0 Å². The molecule has 0 aromatic heterocycles. The van der Waals surface area contributed by atoms with Crippen LogP contribution >= 0.6 is 0 Å². The van der Waals surface area contributed by atoms with Crippen molar-refractivity contribution in [3.8, 4) is 0 Å². The van der Waals surface area contributed by atoms with E-state index in [0.29, 0.717) is 17.1 Å². The number of hydrogen-bond acceptors (Lipinski definition) is 2. The van der Waals surface area contributed by atoms with E-state index in [9.17, 15) is 9.90 Å². The van der Waals surface area contributed by atoms with Crippen LogP contribution in [0.25, 0.3) is 0 Å². The highest BCUT2D eigenvalue weighted by molar-refractivity contribution is 5.82. The van der Waals surface area contributed by atoms with E-state index in [-0.39, 0.29) is 17.4 Å². The fourth-order valence-corrected chi connectivity index (χ4v) is 7.38. The monoisotopic (exact) mass is 304 g/mol. The lowest BCUT2D eigenvalue weighted by Gasteiger charge is -2.60. The van der Waals surface area contributed by atoms with Gasteiger partial charge in [0, 0.05) is 12.3 Å². The van der Waals surface area contributed by atoms with Crippen LogP contribution in [0, 0.1) is 40.4 Å². The van der Waals surface area contributed by atoms with Crippen molar-refractivity contribution in [1.29, 1.82) is 0 Å². The predicted octanol–water partition coefficient (Wildman–Crippen LogP) is 4.21. The van der Waals surface area contributed by atoms with Gasteiger partial charge in [-0.05, 0) is 79.4 Å². The molecule has 8 atom stereocenters. The van der Waals surface area contributed by atoms with Crippen LogP contribution in [-0.2, 0) is 4.79 Å². The lowest BCUT2D eigenvalue weighted by Crippen LogP contribution is -2.55. The standard InChI is InChI=1S/C20H32O2/c1-12-11-20(3)13(10-17(12)21)4-5-14-15-6-7-18(22)19(15,2)9-8-16(14)20/h12-16,18,22H,4-11H2,1-3H3/t12-,13?,14+,15+,16+,18+,19+,20+/m1/s1. The van der Waals surface area contributed by atoms with Gasteiger partial charge in [-0.3, -0.25) is 4.79 Å². The Morgan fingerprint density at radius 3 is 2.50 bits per heavy atom. The van der Waals surface area contributed by atoms with Gasteiger partial charge in [0.15, 0.2) is 0 Å². The van der Waals surface area contributed by atoms with Crippen LogP contribution in [0.4, 0.5) is 0 Å². The molecule has 1 unspecified atom stereocenters. The van der Waals surface area contributed by atoms with Crippen molar-refractivity contribution in [2.75, 3.05) is 0 Å². The van der Waals surface area contributed by atoms with Gasteiger partial charge in [0.2, 0.25) is 0 Å². The second-order valence-electron chi connectivity index (χ2n) is 9.57. The molecule has 22 heavy (non-hydrogen) atoms. The summed E-state index contributed by atoms with van der Waals surface area (Å²) < 4.78 is 0. The van der Waals surface area contributed by atoms with Gasteiger partial charge in [-0.25, -0.2) is 0 Å². The maximum Gasteiger partial charge on any atom is 0.136 e. The smallest absolute Gasteiger partial charge is 0.136 e. The first-order chi connectivity index (χ1) is 10.4.